The van der Waals surface area contributed by atoms with E-state index in [1.807, 2.05) is 35.7 Å². The van der Waals surface area contributed by atoms with Crippen LogP contribution in [0.25, 0.3) is 0 Å². The van der Waals surface area contributed by atoms with Gasteiger partial charge in [-0.1, -0.05) is 35.9 Å². The molecule has 2 aromatic rings. The summed E-state index contributed by atoms with van der Waals surface area (Å²) in [5.41, 5.74) is 1.09. The van der Waals surface area contributed by atoms with E-state index in [2.05, 4.69) is 28.2 Å². The maximum atomic E-state index is 12.3. The van der Waals surface area contributed by atoms with Gasteiger partial charge in [0.15, 0.2) is 0 Å². The topological polar surface area (TPSA) is 35.6 Å². The third-order valence-corrected chi connectivity index (χ3v) is 5.87. The predicted molar refractivity (Wildman–Crippen MR) is 104 cm³/mol. The summed E-state index contributed by atoms with van der Waals surface area (Å²) in [5, 5.41) is 5.87. The number of thiophene rings is 1. The van der Waals surface area contributed by atoms with Gasteiger partial charge in [0.2, 0.25) is 5.91 Å². The van der Waals surface area contributed by atoms with Crippen LogP contribution in [0.1, 0.15) is 16.5 Å². The number of carbonyl (C=O) groups is 1. The molecule has 134 valence electrons. The molecule has 0 bridgehead atoms. The third kappa shape index (κ3) is 5.05. The number of benzene rings is 1. The Morgan fingerprint density at radius 2 is 1.96 bits per heavy atom. The second-order valence-electron chi connectivity index (χ2n) is 6.44. The van der Waals surface area contributed by atoms with Crippen molar-refractivity contribution in [2.45, 2.75) is 12.5 Å². The molecule has 1 aromatic carbocycles. The molecule has 2 heterocycles. The van der Waals surface area contributed by atoms with Crippen LogP contribution < -0.4 is 5.32 Å². The van der Waals surface area contributed by atoms with Crippen molar-refractivity contribution >= 4 is 28.8 Å². The van der Waals surface area contributed by atoms with E-state index in [9.17, 15) is 4.79 Å². The molecule has 1 unspecified atom stereocenters. The van der Waals surface area contributed by atoms with Gasteiger partial charge in [0, 0.05) is 42.6 Å². The van der Waals surface area contributed by atoms with Gasteiger partial charge in [0.1, 0.15) is 0 Å². The summed E-state index contributed by atoms with van der Waals surface area (Å²) < 4.78 is 0. The number of amides is 1. The van der Waals surface area contributed by atoms with Crippen molar-refractivity contribution in [2.24, 2.45) is 0 Å². The fraction of sp³-hybridized carbons (Fsp3) is 0.421. The van der Waals surface area contributed by atoms with Crippen molar-refractivity contribution in [3.8, 4) is 0 Å². The summed E-state index contributed by atoms with van der Waals surface area (Å²) in [7, 11) is 2.14. The van der Waals surface area contributed by atoms with E-state index in [-0.39, 0.29) is 11.9 Å². The zero-order valence-corrected chi connectivity index (χ0v) is 16.0. The first-order chi connectivity index (χ1) is 12.1. The summed E-state index contributed by atoms with van der Waals surface area (Å²) in [6, 6.07) is 12.0. The standard InChI is InChI=1S/C19H24ClN3OS/c1-22-8-10-23(11-9-22)18(16-6-2-3-7-17(16)20)14-21-19(24)13-15-5-4-12-25-15/h2-7,12,18H,8-11,13-14H2,1H3,(H,21,24). The van der Waals surface area contributed by atoms with E-state index in [4.69, 9.17) is 11.6 Å². The molecule has 1 N–H and O–H groups in total. The van der Waals surface area contributed by atoms with Crippen molar-refractivity contribution in [1.82, 2.24) is 15.1 Å². The number of rotatable bonds is 6. The van der Waals surface area contributed by atoms with Crippen molar-refractivity contribution in [3.63, 3.8) is 0 Å². The summed E-state index contributed by atoms with van der Waals surface area (Å²) >= 11 is 8.06. The summed E-state index contributed by atoms with van der Waals surface area (Å²) in [6.45, 7) is 4.60. The van der Waals surface area contributed by atoms with E-state index in [1.165, 1.54) is 0 Å². The predicted octanol–water partition coefficient (Wildman–Crippen LogP) is 3.05. The Hall–Kier alpha value is -1.40. The first kappa shape index (κ1) is 18.4. The van der Waals surface area contributed by atoms with Crippen molar-refractivity contribution in [3.05, 3.63) is 57.2 Å². The van der Waals surface area contributed by atoms with Gasteiger partial charge in [0.05, 0.1) is 12.5 Å². The molecule has 1 fully saturated rings. The van der Waals surface area contributed by atoms with Gasteiger partial charge in [-0.3, -0.25) is 9.69 Å². The van der Waals surface area contributed by atoms with Gasteiger partial charge in [-0.15, -0.1) is 11.3 Å². The van der Waals surface area contributed by atoms with Crippen LogP contribution in [0.2, 0.25) is 5.02 Å². The lowest BCUT2D eigenvalue weighted by Crippen LogP contribution is -2.48. The molecule has 1 atom stereocenters. The van der Waals surface area contributed by atoms with Gasteiger partial charge in [-0.2, -0.15) is 0 Å². The van der Waals surface area contributed by atoms with Gasteiger partial charge in [-0.05, 0) is 30.1 Å². The number of likely N-dealkylation sites (N-methyl/N-ethyl adjacent to an activating group) is 1. The molecule has 1 aromatic heterocycles. The molecule has 0 spiro atoms. The highest BCUT2D eigenvalue weighted by Gasteiger charge is 2.25. The van der Waals surface area contributed by atoms with Gasteiger partial charge >= 0.3 is 0 Å². The Labute approximate surface area is 158 Å². The van der Waals surface area contributed by atoms with Crippen LogP contribution in [0.5, 0.6) is 0 Å². The lowest BCUT2D eigenvalue weighted by molar-refractivity contribution is -0.120. The fourth-order valence-corrected chi connectivity index (χ4v) is 4.12. The molecular weight excluding hydrogens is 354 g/mol. The summed E-state index contributed by atoms with van der Waals surface area (Å²) in [5.74, 6) is 0.0635. The van der Waals surface area contributed by atoms with Gasteiger partial charge in [-0.25, -0.2) is 0 Å². The highest BCUT2D eigenvalue weighted by molar-refractivity contribution is 7.10. The number of halogens is 1. The first-order valence-electron chi connectivity index (χ1n) is 8.59. The molecule has 6 heteroatoms. The highest BCUT2D eigenvalue weighted by atomic mass is 35.5. The first-order valence-corrected chi connectivity index (χ1v) is 9.85. The average molecular weight is 378 g/mol. The molecule has 25 heavy (non-hydrogen) atoms. The second kappa shape index (κ2) is 8.81. The van der Waals surface area contributed by atoms with Crippen LogP contribution in [0.4, 0.5) is 0 Å². The monoisotopic (exact) mass is 377 g/mol. The molecule has 0 radical (unpaired) electrons. The van der Waals surface area contributed by atoms with Crippen LogP contribution in [-0.4, -0.2) is 55.5 Å². The van der Waals surface area contributed by atoms with Crippen molar-refractivity contribution in [2.75, 3.05) is 39.8 Å². The molecule has 3 rings (SSSR count). The molecule has 1 aliphatic rings. The Morgan fingerprint density at radius 3 is 2.64 bits per heavy atom. The van der Waals surface area contributed by atoms with E-state index < -0.39 is 0 Å². The molecule has 0 saturated carbocycles. The summed E-state index contributed by atoms with van der Waals surface area (Å²) in [4.78, 5) is 18.1. The van der Waals surface area contributed by atoms with Crippen molar-refractivity contribution < 1.29 is 4.79 Å². The van der Waals surface area contributed by atoms with Crippen LogP contribution in [0, 0.1) is 0 Å². The molecule has 1 saturated heterocycles. The highest BCUT2D eigenvalue weighted by Crippen LogP contribution is 2.28. The zero-order valence-electron chi connectivity index (χ0n) is 14.5. The van der Waals surface area contributed by atoms with E-state index in [0.717, 1.165) is 41.6 Å². The maximum Gasteiger partial charge on any atom is 0.225 e. The number of carbonyl (C=O) groups excluding carboxylic acids is 1. The molecular formula is C19H24ClN3OS. The van der Waals surface area contributed by atoms with Crippen LogP contribution in [-0.2, 0) is 11.2 Å². The quantitative estimate of drug-likeness (QED) is 0.840. The van der Waals surface area contributed by atoms with Crippen molar-refractivity contribution in [1.29, 1.82) is 0 Å². The van der Waals surface area contributed by atoms with Crippen LogP contribution in [0.15, 0.2) is 41.8 Å². The van der Waals surface area contributed by atoms with E-state index in [1.54, 1.807) is 11.3 Å². The minimum absolute atomic E-state index is 0.0635. The van der Waals surface area contributed by atoms with Crippen LogP contribution in [0.3, 0.4) is 0 Å². The third-order valence-electron chi connectivity index (χ3n) is 4.65. The molecule has 4 nitrogen and oxygen atoms in total. The smallest absolute Gasteiger partial charge is 0.225 e. The van der Waals surface area contributed by atoms with E-state index in [0.29, 0.717) is 13.0 Å². The lowest BCUT2D eigenvalue weighted by Gasteiger charge is -2.38. The molecule has 1 amide bonds. The number of hydrogen-bond donors (Lipinski definition) is 1. The lowest BCUT2D eigenvalue weighted by atomic mass is 10.0. The molecule has 0 aliphatic carbocycles. The Morgan fingerprint density at radius 1 is 1.20 bits per heavy atom. The summed E-state index contributed by atoms with van der Waals surface area (Å²) in [6.07, 6.45) is 0.440. The largest absolute Gasteiger partial charge is 0.354 e. The number of hydrogen-bond acceptors (Lipinski definition) is 4. The van der Waals surface area contributed by atoms with Gasteiger partial charge in [0.25, 0.3) is 0 Å². The minimum Gasteiger partial charge on any atom is -0.354 e. The SMILES string of the molecule is CN1CCN(C(CNC(=O)Cc2cccs2)c2ccccc2Cl)CC1. The Balaban J connectivity index is 1.68. The maximum absolute atomic E-state index is 12.3. The second-order valence-corrected chi connectivity index (χ2v) is 7.88. The number of nitrogens with one attached hydrogen (secondary N) is 1. The minimum atomic E-state index is 0.0635. The van der Waals surface area contributed by atoms with Gasteiger partial charge < -0.3 is 10.2 Å². The zero-order chi connectivity index (χ0) is 17.6. The average Bonchev–Trinajstić information content (AvgIpc) is 3.11. The van der Waals surface area contributed by atoms with E-state index >= 15 is 0 Å². The Kier molecular flexibility index (Phi) is 6.48. The number of nitrogens with zero attached hydrogens (tertiary/aromatic N) is 2. The molecule has 1 aliphatic heterocycles. The normalized spacial score (nSPS) is 17.4. The number of piperazine rings is 1. The fourth-order valence-electron chi connectivity index (χ4n) is 3.16. The van der Waals surface area contributed by atoms with Crippen LogP contribution >= 0.6 is 22.9 Å². The Bertz CT molecular complexity index is 684.